The maximum atomic E-state index is 8.77. The number of nitriles is 1. The molecule has 4 rings (SSSR count). The average Bonchev–Trinajstić information content (AvgIpc) is 3.26. The molecular weight excluding hydrogens is 372 g/mol. The summed E-state index contributed by atoms with van der Waals surface area (Å²) in [6.07, 6.45) is 12.4. The Hall–Kier alpha value is -3.23. The van der Waals surface area contributed by atoms with Crippen molar-refractivity contribution in [1.29, 1.82) is 5.26 Å². The lowest BCUT2D eigenvalue weighted by molar-refractivity contribution is 0.181. The molecule has 0 bridgehead atoms. The Kier molecular flexibility index (Phi) is 5.78. The molecule has 1 aromatic heterocycles. The number of ether oxygens (including phenoxy) is 1. The van der Waals surface area contributed by atoms with E-state index in [1.54, 1.807) is 7.11 Å². The second kappa shape index (κ2) is 8.64. The summed E-state index contributed by atoms with van der Waals surface area (Å²) in [6.45, 7) is 6.69. The number of anilines is 1. The highest BCUT2D eigenvalue weighted by Gasteiger charge is 2.41. The number of rotatable bonds is 6. The zero-order chi connectivity index (χ0) is 21.0. The van der Waals surface area contributed by atoms with Gasteiger partial charge in [-0.05, 0) is 42.7 Å². The molecule has 2 aromatic rings. The van der Waals surface area contributed by atoms with Crippen molar-refractivity contribution in [2.24, 2.45) is 0 Å². The van der Waals surface area contributed by atoms with E-state index >= 15 is 0 Å². The fourth-order valence-electron chi connectivity index (χ4n) is 4.56. The first-order chi connectivity index (χ1) is 14.7. The quantitative estimate of drug-likeness (QED) is 0.709. The third kappa shape index (κ3) is 3.79. The Balaban J connectivity index is 1.52. The van der Waals surface area contributed by atoms with Crippen molar-refractivity contribution in [2.75, 3.05) is 32.1 Å². The van der Waals surface area contributed by atoms with Crippen LogP contribution in [0.15, 0.2) is 73.0 Å². The van der Waals surface area contributed by atoms with Crippen LogP contribution in [0.1, 0.15) is 25.0 Å². The Morgan fingerprint density at radius 3 is 2.90 bits per heavy atom. The number of allylic oxidation sites excluding steroid dienone is 3. The fraction of sp³-hybridized carbons (Fsp3) is 0.320. The first-order valence-electron chi connectivity index (χ1n) is 10.4. The number of piperidine rings is 1. The summed E-state index contributed by atoms with van der Waals surface area (Å²) >= 11 is 0. The second-order valence-electron chi connectivity index (χ2n) is 7.87. The predicted octanol–water partition coefficient (Wildman–Crippen LogP) is 4.78. The van der Waals surface area contributed by atoms with Gasteiger partial charge in [0, 0.05) is 37.6 Å². The first kappa shape index (κ1) is 20.1. The van der Waals surface area contributed by atoms with Gasteiger partial charge in [-0.3, -0.25) is 4.90 Å². The minimum Gasteiger partial charge on any atom is -0.497 e. The molecule has 1 saturated heterocycles. The maximum Gasteiger partial charge on any atom is 0.121 e. The average molecular weight is 401 g/mol. The topological polar surface area (TPSA) is 53.2 Å². The van der Waals surface area contributed by atoms with Crippen molar-refractivity contribution in [1.82, 2.24) is 9.47 Å². The Labute approximate surface area is 178 Å². The van der Waals surface area contributed by atoms with Crippen LogP contribution in [-0.4, -0.2) is 36.2 Å². The van der Waals surface area contributed by atoms with E-state index in [0.29, 0.717) is 6.42 Å². The number of fused-ring (bicyclic) bond motifs is 4. The van der Waals surface area contributed by atoms with Gasteiger partial charge in [0.15, 0.2) is 0 Å². The van der Waals surface area contributed by atoms with Crippen LogP contribution in [-0.2, 0) is 5.54 Å². The third-order valence-corrected chi connectivity index (χ3v) is 6.07. The number of hydrogen-bond donors (Lipinski definition) is 1. The van der Waals surface area contributed by atoms with Crippen LogP contribution in [0, 0.1) is 11.3 Å². The molecule has 3 heterocycles. The summed E-state index contributed by atoms with van der Waals surface area (Å²) in [5, 5.41) is 12.6. The van der Waals surface area contributed by atoms with Crippen molar-refractivity contribution in [3.8, 4) is 17.5 Å². The molecule has 2 aliphatic heterocycles. The van der Waals surface area contributed by atoms with E-state index in [2.05, 4.69) is 57.9 Å². The van der Waals surface area contributed by atoms with Crippen LogP contribution in [0.25, 0.3) is 5.69 Å². The van der Waals surface area contributed by atoms with Gasteiger partial charge in [-0.15, -0.1) is 0 Å². The third-order valence-electron chi connectivity index (χ3n) is 6.07. The molecule has 0 amide bonds. The molecule has 1 aromatic carbocycles. The molecule has 1 spiro atoms. The molecule has 0 aliphatic carbocycles. The molecule has 1 fully saturated rings. The summed E-state index contributed by atoms with van der Waals surface area (Å²) < 4.78 is 7.77. The van der Waals surface area contributed by atoms with E-state index in [9.17, 15) is 0 Å². The molecular formula is C25H28N4O. The highest BCUT2D eigenvalue weighted by atomic mass is 16.5. The van der Waals surface area contributed by atoms with Crippen LogP contribution in [0.5, 0.6) is 5.75 Å². The number of methoxy groups -OCH3 is 1. The van der Waals surface area contributed by atoms with Crippen LogP contribution >= 0.6 is 0 Å². The van der Waals surface area contributed by atoms with Gasteiger partial charge in [0.05, 0.1) is 36.5 Å². The number of nitrogens with one attached hydrogen (secondary N) is 1. The normalized spacial score (nSPS) is 17.8. The van der Waals surface area contributed by atoms with E-state index in [0.717, 1.165) is 43.9 Å². The van der Waals surface area contributed by atoms with Crippen molar-refractivity contribution in [3.63, 3.8) is 0 Å². The Morgan fingerprint density at radius 1 is 1.33 bits per heavy atom. The fourth-order valence-corrected chi connectivity index (χ4v) is 4.56. The maximum absolute atomic E-state index is 8.77. The highest BCUT2D eigenvalue weighted by Crippen LogP contribution is 2.44. The molecule has 154 valence electrons. The second-order valence-corrected chi connectivity index (χ2v) is 7.87. The monoisotopic (exact) mass is 400 g/mol. The van der Waals surface area contributed by atoms with E-state index < -0.39 is 0 Å². The summed E-state index contributed by atoms with van der Waals surface area (Å²) in [5.41, 5.74) is 4.74. The number of hydrogen-bond acceptors (Lipinski definition) is 4. The molecule has 5 heteroatoms. The minimum absolute atomic E-state index is 0.0711. The van der Waals surface area contributed by atoms with Gasteiger partial charge in [0.25, 0.3) is 0 Å². The van der Waals surface area contributed by atoms with Gasteiger partial charge >= 0.3 is 0 Å². The van der Waals surface area contributed by atoms with Crippen LogP contribution < -0.4 is 10.1 Å². The van der Waals surface area contributed by atoms with E-state index in [1.807, 2.05) is 30.4 Å². The smallest absolute Gasteiger partial charge is 0.121 e. The van der Waals surface area contributed by atoms with Gasteiger partial charge in [-0.2, -0.15) is 5.26 Å². The summed E-state index contributed by atoms with van der Waals surface area (Å²) in [5.74, 6) is 0.868. The number of nitrogens with zero attached hydrogens (tertiary/aromatic N) is 3. The van der Waals surface area contributed by atoms with E-state index in [1.165, 1.54) is 17.0 Å². The lowest BCUT2D eigenvalue weighted by Crippen LogP contribution is -2.49. The number of aromatic nitrogens is 1. The largest absolute Gasteiger partial charge is 0.497 e. The zero-order valence-corrected chi connectivity index (χ0v) is 17.5. The summed E-state index contributed by atoms with van der Waals surface area (Å²) in [6, 6.07) is 12.8. The van der Waals surface area contributed by atoms with Gasteiger partial charge in [0.2, 0.25) is 0 Å². The van der Waals surface area contributed by atoms with Gasteiger partial charge < -0.3 is 14.6 Å². The van der Waals surface area contributed by atoms with Gasteiger partial charge in [-0.1, -0.05) is 30.9 Å². The highest BCUT2D eigenvalue weighted by molar-refractivity contribution is 5.69. The first-order valence-corrected chi connectivity index (χ1v) is 10.4. The standard InChI is InChI=1S/C25H28N4O/c1-3-7-20(8-4-5-14-26)19-28-16-12-25(13-17-28)24-9-6-15-29(24)23-11-10-21(30-2)18-22(23)27-25/h3-4,6-11,15,18,27H,1,5,12-13,16-17,19H2,2H3/b8-4-,20-7+. The molecule has 0 saturated carbocycles. The molecule has 0 unspecified atom stereocenters. The molecule has 30 heavy (non-hydrogen) atoms. The Bertz CT molecular complexity index is 1020. The zero-order valence-electron chi connectivity index (χ0n) is 17.5. The number of benzene rings is 1. The molecule has 1 N–H and O–H groups in total. The summed E-state index contributed by atoms with van der Waals surface area (Å²) in [7, 11) is 1.71. The molecule has 0 radical (unpaired) electrons. The van der Waals surface area contributed by atoms with Crippen LogP contribution in [0.4, 0.5) is 5.69 Å². The summed E-state index contributed by atoms with van der Waals surface area (Å²) in [4.78, 5) is 2.48. The van der Waals surface area contributed by atoms with Crippen molar-refractivity contribution >= 4 is 5.69 Å². The predicted molar refractivity (Wildman–Crippen MR) is 121 cm³/mol. The van der Waals surface area contributed by atoms with Gasteiger partial charge in [0.1, 0.15) is 5.75 Å². The van der Waals surface area contributed by atoms with Crippen LogP contribution in [0.2, 0.25) is 0 Å². The van der Waals surface area contributed by atoms with Crippen LogP contribution in [0.3, 0.4) is 0 Å². The van der Waals surface area contributed by atoms with Gasteiger partial charge in [-0.25, -0.2) is 0 Å². The minimum atomic E-state index is -0.0711. The lowest BCUT2D eigenvalue weighted by Gasteiger charge is -2.46. The SMILES string of the molecule is C=C/C=C(\C=C/CC#N)CN1CCC2(CC1)Nc1cc(OC)ccc1-n1cccc12. The lowest BCUT2D eigenvalue weighted by atomic mass is 9.82. The van der Waals surface area contributed by atoms with E-state index in [-0.39, 0.29) is 5.54 Å². The molecule has 0 atom stereocenters. The van der Waals surface area contributed by atoms with Crippen molar-refractivity contribution in [3.05, 3.63) is 78.7 Å². The Morgan fingerprint density at radius 2 is 2.17 bits per heavy atom. The molecule has 5 nitrogen and oxygen atoms in total. The molecule has 2 aliphatic rings. The van der Waals surface area contributed by atoms with E-state index in [4.69, 9.17) is 10.00 Å². The number of likely N-dealkylation sites (tertiary alicyclic amines) is 1. The van der Waals surface area contributed by atoms with Crippen molar-refractivity contribution < 1.29 is 4.74 Å². The van der Waals surface area contributed by atoms with Crippen molar-refractivity contribution in [2.45, 2.75) is 24.8 Å².